The Kier molecular flexibility index (Phi) is 7.87. The van der Waals surface area contributed by atoms with Gasteiger partial charge in [0.1, 0.15) is 0 Å². The Bertz CT molecular complexity index is 1130. The van der Waals surface area contributed by atoms with E-state index < -0.39 is 12.2 Å². The number of urea groups is 1. The predicted octanol–water partition coefficient (Wildman–Crippen LogP) is 3.77. The Morgan fingerprint density at radius 2 is 1.66 bits per heavy atom. The number of para-hydroxylation sites is 1. The van der Waals surface area contributed by atoms with Gasteiger partial charge in [0.15, 0.2) is 0 Å². The number of anilines is 2. The van der Waals surface area contributed by atoms with Gasteiger partial charge in [-0.2, -0.15) is 0 Å². The van der Waals surface area contributed by atoms with Crippen molar-refractivity contribution in [2.24, 2.45) is 4.99 Å². The number of aliphatic imine (C=N–C) groups is 1. The van der Waals surface area contributed by atoms with Crippen molar-refractivity contribution < 1.29 is 15.1 Å². The number of benzodiazepines with no additional fused rings is 1. The summed E-state index contributed by atoms with van der Waals surface area (Å²) in [4.78, 5) is 31.9. The number of hydrogen-bond donors (Lipinski definition) is 2. The third-order valence-corrected chi connectivity index (χ3v) is 4.93. The fraction of sp³-hybridized carbons (Fsp3) is 0.160. The van der Waals surface area contributed by atoms with Crippen molar-refractivity contribution >= 4 is 29.0 Å². The highest BCUT2D eigenvalue weighted by Gasteiger charge is 2.30. The molecule has 1 aliphatic rings. The summed E-state index contributed by atoms with van der Waals surface area (Å²) in [6, 6.07) is 24.2. The minimum Gasteiger partial charge on any atom is -0.412 e. The van der Waals surface area contributed by atoms with Crippen LogP contribution in [0.5, 0.6) is 0 Å². The first-order chi connectivity index (χ1) is 14.5. The predicted molar refractivity (Wildman–Crippen MR) is 129 cm³/mol. The third kappa shape index (κ3) is 5.01. The van der Waals surface area contributed by atoms with Crippen LogP contribution in [-0.4, -0.2) is 36.3 Å². The standard InChI is InChI=1S/C24H22N4O2.CH4.H2O/c1-16-9-8-12-18(15-16)25-24(30)27-22-23(29)28(2)20-14-7-6-13-19(20)21(26-22)17-10-4-3-5-11-17;;/h3-15,22H,1-2H3,(H2,25,27,30);1H4;1H2/t22-;;/m0../s1. The molecule has 7 nitrogen and oxygen atoms in total. The molecule has 0 fully saturated rings. The van der Waals surface area contributed by atoms with Crippen molar-refractivity contribution in [3.8, 4) is 0 Å². The average Bonchev–Trinajstić information content (AvgIpc) is 2.85. The quantitative estimate of drug-likeness (QED) is 0.658. The minimum absolute atomic E-state index is 0. The van der Waals surface area contributed by atoms with Gasteiger partial charge in [-0.15, -0.1) is 0 Å². The summed E-state index contributed by atoms with van der Waals surface area (Å²) in [5.41, 5.74) is 4.79. The van der Waals surface area contributed by atoms with Gasteiger partial charge in [-0.1, -0.05) is 68.1 Å². The molecule has 0 saturated heterocycles. The summed E-state index contributed by atoms with van der Waals surface area (Å²) in [5, 5.41) is 5.48. The minimum atomic E-state index is -1.05. The van der Waals surface area contributed by atoms with Crippen LogP contribution < -0.4 is 15.5 Å². The first kappa shape index (κ1) is 24.3. The van der Waals surface area contributed by atoms with Gasteiger partial charge < -0.3 is 21.0 Å². The first-order valence-corrected chi connectivity index (χ1v) is 9.67. The molecule has 32 heavy (non-hydrogen) atoms. The number of benzene rings is 3. The van der Waals surface area contributed by atoms with Gasteiger partial charge in [0, 0.05) is 23.9 Å². The van der Waals surface area contributed by atoms with Gasteiger partial charge in [-0.05, 0) is 30.7 Å². The number of likely N-dealkylation sites (N-methyl/N-ethyl adjacent to an activating group) is 1. The third-order valence-electron chi connectivity index (χ3n) is 4.93. The molecule has 3 aromatic carbocycles. The van der Waals surface area contributed by atoms with Gasteiger partial charge >= 0.3 is 6.03 Å². The normalized spacial score (nSPS) is 14.7. The maximum Gasteiger partial charge on any atom is 0.321 e. The highest BCUT2D eigenvalue weighted by molar-refractivity contribution is 6.20. The second-order valence-corrected chi connectivity index (χ2v) is 7.13. The van der Waals surface area contributed by atoms with Crippen LogP contribution in [0.1, 0.15) is 24.1 Å². The van der Waals surface area contributed by atoms with Crippen LogP contribution in [0.25, 0.3) is 0 Å². The average molecular weight is 433 g/mol. The molecule has 3 aromatic rings. The largest absolute Gasteiger partial charge is 0.412 e. The summed E-state index contributed by atoms with van der Waals surface area (Å²) in [5.74, 6) is -0.312. The lowest BCUT2D eigenvalue weighted by molar-refractivity contribution is -0.119. The maximum atomic E-state index is 13.1. The van der Waals surface area contributed by atoms with E-state index in [4.69, 9.17) is 0 Å². The number of nitrogens with one attached hydrogen (secondary N) is 2. The monoisotopic (exact) mass is 432 g/mol. The molecule has 0 saturated carbocycles. The van der Waals surface area contributed by atoms with E-state index in [0.717, 1.165) is 22.4 Å². The van der Waals surface area contributed by atoms with E-state index in [-0.39, 0.29) is 18.8 Å². The number of amides is 3. The molecule has 0 unspecified atom stereocenters. The van der Waals surface area contributed by atoms with Gasteiger partial charge in [0.2, 0.25) is 6.17 Å². The Morgan fingerprint density at radius 3 is 2.38 bits per heavy atom. The molecule has 4 N–H and O–H groups in total. The number of aryl methyl sites for hydroxylation is 1. The fourth-order valence-corrected chi connectivity index (χ4v) is 3.46. The Morgan fingerprint density at radius 1 is 0.969 bits per heavy atom. The zero-order chi connectivity index (χ0) is 21.1. The molecule has 0 radical (unpaired) electrons. The molecule has 0 spiro atoms. The highest BCUT2D eigenvalue weighted by atomic mass is 16.2. The number of nitrogens with zero attached hydrogens (tertiary/aromatic N) is 2. The highest BCUT2D eigenvalue weighted by Crippen LogP contribution is 2.27. The van der Waals surface area contributed by atoms with Crippen molar-refractivity contribution in [1.82, 2.24) is 5.32 Å². The van der Waals surface area contributed by atoms with Crippen LogP contribution in [0.3, 0.4) is 0 Å². The van der Waals surface area contributed by atoms with E-state index in [2.05, 4.69) is 15.6 Å². The van der Waals surface area contributed by atoms with E-state index in [1.165, 1.54) is 4.90 Å². The molecule has 1 atom stereocenters. The van der Waals surface area contributed by atoms with Crippen LogP contribution in [0.15, 0.2) is 83.9 Å². The summed E-state index contributed by atoms with van der Waals surface area (Å²) >= 11 is 0. The topological polar surface area (TPSA) is 105 Å². The van der Waals surface area contributed by atoms with Gasteiger partial charge in [0.25, 0.3) is 5.91 Å². The van der Waals surface area contributed by atoms with E-state index in [0.29, 0.717) is 11.4 Å². The lowest BCUT2D eigenvalue weighted by Gasteiger charge is -2.21. The number of carbonyl (C=O) groups excluding carboxylic acids is 2. The molecular weight excluding hydrogens is 404 g/mol. The summed E-state index contributed by atoms with van der Waals surface area (Å²) < 4.78 is 0. The molecular formula is C25H28N4O3. The first-order valence-electron chi connectivity index (χ1n) is 9.67. The lowest BCUT2D eigenvalue weighted by Crippen LogP contribution is -2.47. The van der Waals surface area contributed by atoms with Crippen molar-refractivity contribution in [2.45, 2.75) is 20.5 Å². The second kappa shape index (κ2) is 10.4. The Balaban J connectivity index is 0.00000181. The van der Waals surface area contributed by atoms with E-state index in [9.17, 15) is 9.59 Å². The van der Waals surface area contributed by atoms with Crippen LogP contribution in [0, 0.1) is 6.92 Å². The number of carbonyl (C=O) groups is 2. The molecule has 3 amide bonds. The Labute approximate surface area is 188 Å². The van der Waals surface area contributed by atoms with Gasteiger partial charge in [-0.3, -0.25) is 4.79 Å². The van der Waals surface area contributed by atoms with Crippen molar-refractivity contribution in [3.63, 3.8) is 0 Å². The second-order valence-electron chi connectivity index (χ2n) is 7.13. The molecule has 1 heterocycles. The maximum absolute atomic E-state index is 13.1. The zero-order valence-corrected chi connectivity index (χ0v) is 17.3. The SMILES string of the molecule is C.Cc1cccc(NC(=O)N[C@@H]2N=C(c3ccccc3)c3ccccc3N(C)C2=O)c1.O. The van der Waals surface area contributed by atoms with E-state index in [1.54, 1.807) is 13.1 Å². The van der Waals surface area contributed by atoms with Gasteiger partial charge in [0.05, 0.1) is 11.4 Å². The van der Waals surface area contributed by atoms with Crippen molar-refractivity contribution in [2.75, 3.05) is 17.3 Å². The summed E-state index contributed by atoms with van der Waals surface area (Å²) in [6.07, 6.45) is -1.05. The van der Waals surface area contributed by atoms with Crippen LogP contribution in [-0.2, 0) is 4.79 Å². The fourth-order valence-electron chi connectivity index (χ4n) is 3.46. The smallest absolute Gasteiger partial charge is 0.321 e. The molecule has 7 heteroatoms. The van der Waals surface area contributed by atoms with Crippen LogP contribution in [0.4, 0.5) is 16.2 Å². The van der Waals surface area contributed by atoms with E-state index >= 15 is 0 Å². The molecule has 0 aromatic heterocycles. The van der Waals surface area contributed by atoms with E-state index in [1.807, 2.05) is 79.7 Å². The number of hydrogen-bond acceptors (Lipinski definition) is 3. The zero-order valence-electron chi connectivity index (χ0n) is 17.3. The summed E-state index contributed by atoms with van der Waals surface area (Å²) in [6.45, 7) is 1.94. The molecule has 1 aliphatic heterocycles. The van der Waals surface area contributed by atoms with Crippen molar-refractivity contribution in [1.29, 1.82) is 0 Å². The summed E-state index contributed by atoms with van der Waals surface area (Å²) in [7, 11) is 1.69. The molecule has 0 bridgehead atoms. The van der Waals surface area contributed by atoms with Gasteiger partial charge in [-0.25, -0.2) is 9.79 Å². The van der Waals surface area contributed by atoms with Crippen molar-refractivity contribution in [3.05, 3.63) is 95.6 Å². The molecule has 0 aliphatic carbocycles. The lowest BCUT2D eigenvalue weighted by atomic mass is 10.0. The molecule has 166 valence electrons. The number of rotatable bonds is 3. The van der Waals surface area contributed by atoms with Crippen LogP contribution >= 0.6 is 0 Å². The van der Waals surface area contributed by atoms with Crippen LogP contribution in [0.2, 0.25) is 0 Å². The Hall–Kier alpha value is -3.97. The number of fused-ring (bicyclic) bond motifs is 1. The molecule has 4 rings (SSSR count).